The Morgan fingerprint density at radius 2 is 2.10 bits per heavy atom. The average molecular weight is 382 g/mol. The van der Waals surface area contributed by atoms with E-state index in [0.717, 1.165) is 12.1 Å². The second-order valence-corrected chi connectivity index (χ2v) is 6.51. The van der Waals surface area contributed by atoms with Crippen molar-refractivity contribution < 1.29 is 12.8 Å². The van der Waals surface area contributed by atoms with Gasteiger partial charge in [0.05, 0.1) is 0 Å². The quantitative estimate of drug-likeness (QED) is 0.628. The van der Waals surface area contributed by atoms with Crippen LogP contribution in [0.1, 0.15) is 0 Å². The topological polar surface area (TPSA) is 98.0 Å². The van der Waals surface area contributed by atoms with Gasteiger partial charge in [-0.05, 0) is 34.1 Å². The Morgan fingerprint density at radius 1 is 1.40 bits per heavy atom. The normalized spacial score (nSPS) is 11.3. The molecule has 1 aromatic heterocycles. The summed E-state index contributed by atoms with van der Waals surface area (Å²) < 4.78 is 40.1. The van der Waals surface area contributed by atoms with Gasteiger partial charge < -0.3 is 5.73 Å². The van der Waals surface area contributed by atoms with E-state index in [-0.39, 0.29) is 21.3 Å². The van der Waals surface area contributed by atoms with Gasteiger partial charge >= 0.3 is 0 Å². The summed E-state index contributed by atoms with van der Waals surface area (Å²) in [6.45, 7) is 0. The zero-order chi connectivity index (χ0) is 14.9. The van der Waals surface area contributed by atoms with Crippen LogP contribution in [0.3, 0.4) is 0 Å². The van der Waals surface area contributed by atoms with E-state index in [1.165, 1.54) is 12.3 Å². The molecular weight excluding hydrogens is 375 g/mol. The van der Waals surface area contributed by atoms with E-state index in [1.54, 1.807) is 0 Å². The van der Waals surface area contributed by atoms with Crippen molar-refractivity contribution >= 4 is 49.2 Å². The molecule has 0 unspecified atom stereocenters. The lowest BCUT2D eigenvalue weighted by Crippen LogP contribution is -2.17. The second kappa shape index (κ2) is 5.51. The molecule has 0 fully saturated rings. The van der Waals surface area contributed by atoms with E-state index in [4.69, 9.17) is 17.3 Å². The van der Waals surface area contributed by atoms with Crippen LogP contribution in [0.2, 0.25) is 5.15 Å². The molecule has 106 valence electrons. The summed E-state index contributed by atoms with van der Waals surface area (Å²) in [6, 6.07) is 3.33. The molecule has 2 aromatic rings. The highest BCUT2D eigenvalue weighted by Gasteiger charge is 2.22. The maximum absolute atomic E-state index is 13.7. The molecule has 6 nitrogen and oxygen atoms in total. The molecule has 0 amide bonds. The molecular formula is C10H7BrClFN4O2S. The van der Waals surface area contributed by atoms with Crippen molar-refractivity contribution in [3.63, 3.8) is 0 Å². The van der Waals surface area contributed by atoms with Gasteiger partial charge in [-0.3, -0.25) is 0 Å². The Labute approximate surface area is 127 Å². The summed E-state index contributed by atoms with van der Waals surface area (Å²) >= 11 is 8.61. The van der Waals surface area contributed by atoms with E-state index in [1.807, 2.05) is 4.72 Å². The Hall–Kier alpha value is -1.45. The van der Waals surface area contributed by atoms with E-state index >= 15 is 0 Å². The van der Waals surface area contributed by atoms with Crippen molar-refractivity contribution in [2.75, 3.05) is 10.5 Å². The highest BCUT2D eigenvalue weighted by molar-refractivity contribution is 9.10. The van der Waals surface area contributed by atoms with Crippen LogP contribution in [0.4, 0.5) is 16.0 Å². The smallest absolute Gasteiger partial charge is 0.267 e. The Kier molecular flexibility index (Phi) is 4.11. The summed E-state index contributed by atoms with van der Waals surface area (Å²) in [4.78, 5) is 6.72. The molecule has 0 saturated heterocycles. The van der Waals surface area contributed by atoms with Crippen LogP contribution in [0, 0.1) is 5.82 Å². The van der Waals surface area contributed by atoms with Crippen molar-refractivity contribution in [1.82, 2.24) is 9.97 Å². The molecule has 1 aromatic carbocycles. The van der Waals surface area contributed by atoms with Gasteiger partial charge in [-0.15, -0.1) is 0 Å². The monoisotopic (exact) mass is 380 g/mol. The van der Waals surface area contributed by atoms with Crippen LogP contribution in [0.15, 0.2) is 33.8 Å². The first-order valence-electron chi connectivity index (χ1n) is 5.05. The number of hydrogen-bond donors (Lipinski definition) is 2. The molecule has 0 bridgehead atoms. The van der Waals surface area contributed by atoms with Gasteiger partial charge in [0.2, 0.25) is 5.95 Å². The Balaban J connectivity index is 2.43. The predicted molar refractivity (Wildman–Crippen MR) is 76.4 cm³/mol. The Bertz CT molecular complexity index is 772. The minimum Gasteiger partial charge on any atom is -0.398 e. The number of nitrogens with zero attached hydrogens (tertiary/aromatic N) is 2. The van der Waals surface area contributed by atoms with Crippen molar-refractivity contribution in [3.05, 3.63) is 39.8 Å². The molecule has 0 spiro atoms. The second-order valence-electron chi connectivity index (χ2n) is 3.61. The molecule has 0 aliphatic rings. The largest absolute Gasteiger partial charge is 0.398 e. The molecule has 0 aliphatic heterocycles. The molecule has 0 atom stereocenters. The number of nitrogens with two attached hydrogens (primary N) is 1. The summed E-state index contributed by atoms with van der Waals surface area (Å²) in [5.74, 6) is -1.22. The highest BCUT2D eigenvalue weighted by atomic mass is 79.9. The van der Waals surface area contributed by atoms with Crippen molar-refractivity contribution in [3.8, 4) is 0 Å². The minimum atomic E-state index is -4.21. The van der Waals surface area contributed by atoms with E-state index in [9.17, 15) is 12.8 Å². The maximum Gasteiger partial charge on any atom is 0.267 e. The number of rotatable bonds is 3. The van der Waals surface area contributed by atoms with E-state index in [0.29, 0.717) is 0 Å². The third-order valence-electron chi connectivity index (χ3n) is 2.19. The number of aromatic nitrogens is 2. The van der Waals surface area contributed by atoms with Gasteiger partial charge in [0.25, 0.3) is 10.0 Å². The number of benzene rings is 1. The zero-order valence-corrected chi connectivity index (χ0v) is 12.8. The van der Waals surface area contributed by atoms with Gasteiger partial charge in [0.1, 0.15) is 15.9 Å². The van der Waals surface area contributed by atoms with Crippen molar-refractivity contribution in [1.29, 1.82) is 0 Å². The summed E-state index contributed by atoms with van der Waals surface area (Å²) in [5, 5.41) is 0.0495. The standard InChI is InChI=1S/C10H7BrClFN4O2S/c11-5-3-6(13)8(4-7(5)14)20(18,19)17-10-15-2-1-9(12)16-10/h1-4H,14H2,(H,15,16,17). The van der Waals surface area contributed by atoms with Crippen LogP contribution in [-0.4, -0.2) is 18.4 Å². The molecule has 2 rings (SSSR count). The minimum absolute atomic E-state index is 0.0495. The maximum atomic E-state index is 13.7. The summed E-state index contributed by atoms with van der Waals surface area (Å²) in [7, 11) is -4.21. The van der Waals surface area contributed by atoms with Crippen LogP contribution in [0.25, 0.3) is 0 Å². The average Bonchev–Trinajstić information content (AvgIpc) is 2.33. The third-order valence-corrected chi connectivity index (χ3v) is 4.43. The number of halogens is 3. The van der Waals surface area contributed by atoms with E-state index in [2.05, 4.69) is 25.9 Å². The number of nitrogen functional groups attached to an aromatic ring is 1. The fraction of sp³-hybridized carbons (Fsp3) is 0. The zero-order valence-electron chi connectivity index (χ0n) is 9.64. The SMILES string of the molecule is Nc1cc(S(=O)(=O)Nc2nccc(Cl)n2)c(F)cc1Br. The van der Waals surface area contributed by atoms with Crippen LogP contribution in [-0.2, 0) is 10.0 Å². The predicted octanol–water partition coefficient (Wildman–Crippen LogP) is 2.41. The molecule has 0 aliphatic carbocycles. The first-order valence-corrected chi connectivity index (χ1v) is 7.71. The molecule has 3 N–H and O–H groups in total. The molecule has 10 heteroatoms. The third kappa shape index (κ3) is 3.17. The lowest BCUT2D eigenvalue weighted by molar-refractivity contribution is 0.570. The summed E-state index contributed by atoms with van der Waals surface area (Å²) in [6.07, 6.45) is 1.26. The van der Waals surface area contributed by atoms with Crippen molar-refractivity contribution in [2.45, 2.75) is 4.90 Å². The first kappa shape index (κ1) is 14.9. The number of anilines is 2. The molecule has 0 saturated carbocycles. The van der Waals surface area contributed by atoms with Gasteiger partial charge in [0.15, 0.2) is 0 Å². The van der Waals surface area contributed by atoms with Crippen LogP contribution >= 0.6 is 27.5 Å². The van der Waals surface area contributed by atoms with Crippen molar-refractivity contribution in [2.24, 2.45) is 0 Å². The molecule has 1 heterocycles. The van der Waals surface area contributed by atoms with Gasteiger partial charge in [0, 0.05) is 16.4 Å². The fourth-order valence-electron chi connectivity index (χ4n) is 1.31. The Morgan fingerprint density at radius 3 is 2.75 bits per heavy atom. The van der Waals surface area contributed by atoms with Crippen LogP contribution in [0.5, 0.6) is 0 Å². The van der Waals surface area contributed by atoms with E-state index < -0.39 is 20.7 Å². The fourth-order valence-corrected chi connectivity index (χ4v) is 2.81. The summed E-state index contributed by atoms with van der Waals surface area (Å²) in [5.41, 5.74) is 5.63. The highest BCUT2D eigenvalue weighted by Crippen LogP contribution is 2.26. The van der Waals surface area contributed by atoms with Crippen LogP contribution < -0.4 is 10.5 Å². The van der Waals surface area contributed by atoms with Gasteiger partial charge in [-0.25, -0.2) is 27.5 Å². The molecule has 0 radical (unpaired) electrons. The van der Waals surface area contributed by atoms with Gasteiger partial charge in [-0.2, -0.15) is 0 Å². The lowest BCUT2D eigenvalue weighted by Gasteiger charge is -2.09. The number of sulfonamides is 1. The first-order chi connectivity index (χ1) is 9.29. The lowest BCUT2D eigenvalue weighted by atomic mass is 10.3. The number of nitrogens with one attached hydrogen (secondary N) is 1. The van der Waals surface area contributed by atoms with Gasteiger partial charge in [-0.1, -0.05) is 11.6 Å². The number of hydrogen-bond acceptors (Lipinski definition) is 5. The molecule has 20 heavy (non-hydrogen) atoms.